The third-order valence-electron chi connectivity index (χ3n) is 3.03. The van der Waals surface area contributed by atoms with E-state index in [2.05, 4.69) is 18.0 Å². The lowest BCUT2D eigenvalue weighted by Gasteiger charge is -2.34. The van der Waals surface area contributed by atoms with E-state index in [0.717, 1.165) is 0 Å². The normalized spacial score (nSPS) is 23.1. The van der Waals surface area contributed by atoms with Crippen molar-refractivity contribution in [2.45, 2.75) is 50.6 Å². The van der Waals surface area contributed by atoms with Crippen molar-refractivity contribution in [3.05, 3.63) is 0 Å². The molecule has 0 aliphatic heterocycles. The van der Waals surface area contributed by atoms with Crippen molar-refractivity contribution in [3.63, 3.8) is 0 Å². The van der Waals surface area contributed by atoms with Gasteiger partial charge in [-0.2, -0.15) is 5.26 Å². The molecule has 2 N–H and O–H groups in total. The molecule has 3 nitrogen and oxygen atoms in total. The first kappa shape index (κ1) is 11.5. The van der Waals surface area contributed by atoms with Gasteiger partial charge in [-0.25, -0.2) is 0 Å². The summed E-state index contributed by atoms with van der Waals surface area (Å²) in [6.07, 6.45) is 6.53. The molecular weight excluding hydrogens is 174 g/mol. The van der Waals surface area contributed by atoms with E-state index in [1.54, 1.807) is 6.92 Å². The zero-order chi connectivity index (χ0) is 10.6. The molecule has 0 amide bonds. The van der Waals surface area contributed by atoms with Crippen LogP contribution in [0.1, 0.15) is 39.0 Å². The van der Waals surface area contributed by atoms with Crippen molar-refractivity contribution >= 4 is 0 Å². The van der Waals surface area contributed by atoms with Gasteiger partial charge >= 0.3 is 0 Å². The molecule has 3 heteroatoms. The van der Waals surface area contributed by atoms with Gasteiger partial charge in [0.1, 0.15) is 5.54 Å². The van der Waals surface area contributed by atoms with Gasteiger partial charge in [-0.1, -0.05) is 19.3 Å². The van der Waals surface area contributed by atoms with Gasteiger partial charge in [-0.15, -0.1) is 0 Å². The van der Waals surface area contributed by atoms with Crippen LogP contribution >= 0.6 is 0 Å². The van der Waals surface area contributed by atoms with E-state index in [1.165, 1.54) is 32.1 Å². The van der Waals surface area contributed by atoms with Crippen LogP contribution in [0.2, 0.25) is 0 Å². The highest BCUT2D eigenvalue weighted by Gasteiger charge is 2.25. The van der Waals surface area contributed by atoms with Gasteiger partial charge in [0.2, 0.25) is 0 Å². The maximum atomic E-state index is 8.84. The molecule has 0 spiro atoms. The van der Waals surface area contributed by atoms with Crippen molar-refractivity contribution in [2.24, 2.45) is 5.73 Å². The number of hydrogen-bond donors (Lipinski definition) is 1. The van der Waals surface area contributed by atoms with Gasteiger partial charge in [0.05, 0.1) is 6.07 Å². The van der Waals surface area contributed by atoms with Crippen LogP contribution in [-0.4, -0.2) is 30.1 Å². The summed E-state index contributed by atoms with van der Waals surface area (Å²) in [6.45, 7) is 2.47. The minimum Gasteiger partial charge on any atom is -0.313 e. The predicted octanol–water partition coefficient (Wildman–Crippen LogP) is 1.49. The molecule has 1 aliphatic carbocycles. The molecule has 1 fully saturated rings. The topological polar surface area (TPSA) is 53.0 Å². The first-order chi connectivity index (χ1) is 6.55. The van der Waals surface area contributed by atoms with E-state index in [-0.39, 0.29) is 0 Å². The van der Waals surface area contributed by atoms with Gasteiger partial charge in [0, 0.05) is 12.6 Å². The summed E-state index contributed by atoms with van der Waals surface area (Å²) in [4.78, 5) is 2.25. The molecule has 0 bridgehead atoms. The fourth-order valence-electron chi connectivity index (χ4n) is 2.20. The second kappa shape index (κ2) is 4.77. The zero-order valence-electron chi connectivity index (χ0n) is 9.29. The van der Waals surface area contributed by atoms with Crippen LogP contribution in [0.25, 0.3) is 0 Å². The Hall–Kier alpha value is -0.590. The molecular formula is C11H21N3. The molecule has 1 atom stereocenters. The SMILES string of the molecule is CN(CC(C)(N)C#N)C1CCCCC1. The van der Waals surface area contributed by atoms with Crippen LogP contribution < -0.4 is 5.73 Å². The molecule has 1 aliphatic rings. The molecule has 0 aromatic carbocycles. The summed E-state index contributed by atoms with van der Waals surface area (Å²) in [5, 5.41) is 8.84. The van der Waals surface area contributed by atoms with E-state index in [9.17, 15) is 0 Å². The minimum absolute atomic E-state index is 0.639. The molecule has 0 heterocycles. The van der Waals surface area contributed by atoms with Crippen LogP contribution in [0.15, 0.2) is 0 Å². The Morgan fingerprint density at radius 2 is 2.00 bits per heavy atom. The van der Waals surface area contributed by atoms with Crippen LogP contribution in [0.3, 0.4) is 0 Å². The largest absolute Gasteiger partial charge is 0.313 e. The highest BCUT2D eigenvalue weighted by molar-refractivity contribution is 5.03. The molecule has 0 saturated heterocycles. The fourth-order valence-corrected chi connectivity index (χ4v) is 2.20. The van der Waals surface area contributed by atoms with Crippen molar-refractivity contribution in [3.8, 4) is 6.07 Å². The standard InChI is InChI=1S/C11H21N3/c1-11(13,8-12)9-14(2)10-6-4-3-5-7-10/h10H,3-7,9,13H2,1-2H3. The summed E-state index contributed by atoms with van der Waals surface area (Å²) in [5.74, 6) is 0. The van der Waals surface area contributed by atoms with Gasteiger partial charge < -0.3 is 10.6 Å². The zero-order valence-corrected chi connectivity index (χ0v) is 9.29. The third-order valence-corrected chi connectivity index (χ3v) is 3.03. The monoisotopic (exact) mass is 195 g/mol. The van der Waals surface area contributed by atoms with Crippen LogP contribution in [-0.2, 0) is 0 Å². The average molecular weight is 195 g/mol. The van der Waals surface area contributed by atoms with E-state index >= 15 is 0 Å². The summed E-state index contributed by atoms with van der Waals surface area (Å²) in [5.41, 5.74) is 5.12. The minimum atomic E-state index is -0.702. The Balaban J connectivity index is 2.41. The van der Waals surface area contributed by atoms with E-state index in [1.807, 2.05) is 0 Å². The van der Waals surface area contributed by atoms with Crippen molar-refractivity contribution in [2.75, 3.05) is 13.6 Å². The Kier molecular flexibility index (Phi) is 3.91. The molecule has 0 radical (unpaired) electrons. The van der Waals surface area contributed by atoms with Gasteiger partial charge in [0.15, 0.2) is 0 Å². The summed E-state index contributed by atoms with van der Waals surface area (Å²) in [6, 6.07) is 2.79. The van der Waals surface area contributed by atoms with Crippen molar-refractivity contribution in [1.82, 2.24) is 4.90 Å². The lowest BCUT2D eigenvalue weighted by atomic mass is 9.93. The van der Waals surface area contributed by atoms with Gasteiger partial charge in [-0.05, 0) is 26.8 Å². The molecule has 1 saturated carbocycles. The molecule has 14 heavy (non-hydrogen) atoms. The average Bonchev–Trinajstić information content (AvgIpc) is 2.19. The summed E-state index contributed by atoms with van der Waals surface area (Å²) >= 11 is 0. The Bertz CT molecular complexity index is 211. The quantitative estimate of drug-likeness (QED) is 0.742. The molecule has 80 valence electrons. The van der Waals surface area contributed by atoms with Gasteiger partial charge in [0.25, 0.3) is 0 Å². The molecule has 1 unspecified atom stereocenters. The van der Waals surface area contributed by atoms with Crippen molar-refractivity contribution in [1.29, 1.82) is 5.26 Å². The van der Waals surface area contributed by atoms with Gasteiger partial charge in [-0.3, -0.25) is 0 Å². The van der Waals surface area contributed by atoms with Crippen LogP contribution in [0.4, 0.5) is 0 Å². The van der Waals surface area contributed by atoms with E-state index in [0.29, 0.717) is 12.6 Å². The number of nitriles is 1. The highest BCUT2D eigenvalue weighted by atomic mass is 15.1. The van der Waals surface area contributed by atoms with E-state index in [4.69, 9.17) is 11.0 Å². The Labute approximate surface area is 86.9 Å². The lowest BCUT2D eigenvalue weighted by molar-refractivity contribution is 0.172. The number of rotatable bonds is 3. The maximum absolute atomic E-state index is 8.84. The number of hydrogen-bond acceptors (Lipinski definition) is 3. The fraction of sp³-hybridized carbons (Fsp3) is 0.909. The van der Waals surface area contributed by atoms with Crippen LogP contribution in [0.5, 0.6) is 0 Å². The maximum Gasteiger partial charge on any atom is 0.114 e. The summed E-state index contributed by atoms with van der Waals surface area (Å²) < 4.78 is 0. The number of likely N-dealkylation sites (N-methyl/N-ethyl adjacent to an activating group) is 1. The van der Waals surface area contributed by atoms with Crippen molar-refractivity contribution < 1.29 is 0 Å². The molecule has 0 aromatic rings. The highest BCUT2D eigenvalue weighted by Crippen LogP contribution is 2.22. The summed E-state index contributed by atoms with van der Waals surface area (Å²) in [7, 11) is 2.08. The second-order valence-corrected chi connectivity index (χ2v) is 4.74. The lowest BCUT2D eigenvalue weighted by Crippen LogP contribution is -2.48. The number of nitrogens with zero attached hydrogens (tertiary/aromatic N) is 2. The second-order valence-electron chi connectivity index (χ2n) is 4.74. The number of nitrogens with two attached hydrogens (primary N) is 1. The molecule has 0 aromatic heterocycles. The van der Waals surface area contributed by atoms with E-state index < -0.39 is 5.54 Å². The first-order valence-corrected chi connectivity index (χ1v) is 5.45. The predicted molar refractivity (Wildman–Crippen MR) is 57.7 cm³/mol. The third kappa shape index (κ3) is 3.28. The Morgan fingerprint density at radius 3 is 2.50 bits per heavy atom. The first-order valence-electron chi connectivity index (χ1n) is 5.45. The molecule has 1 rings (SSSR count). The smallest absolute Gasteiger partial charge is 0.114 e. The van der Waals surface area contributed by atoms with Crippen LogP contribution in [0, 0.1) is 11.3 Å². The Morgan fingerprint density at radius 1 is 1.43 bits per heavy atom.